The molecule has 0 aromatic heterocycles. The van der Waals surface area contributed by atoms with Gasteiger partial charge in [0.05, 0.1) is 7.11 Å². The van der Waals surface area contributed by atoms with Crippen molar-refractivity contribution in [2.75, 3.05) is 20.1 Å². The van der Waals surface area contributed by atoms with Crippen molar-refractivity contribution in [1.82, 2.24) is 5.32 Å². The van der Waals surface area contributed by atoms with E-state index in [2.05, 4.69) is 10.1 Å². The van der Waals surface area contributed by atoms with E-state index in [0.29, 0.717) is 0 Å². The lowest BCUT2D eigenvalue weighted by atomic mass is 9.95. The molecule has 1 N–H and O–H groups in total. The molecule has 1 fully saturated rings. The van der Waals surface area contributed by atoms with Crippen LogP contribution in [0.3, 0.4) is 0 Å². The highest BCUT2D eigenvalue weighted by Gasteiger charge is 2.16. The average Bonchev–Trinajstić information content (AvgIpc) is 1.97. The molecule has 0 atom stereocenters. The normalized spacial score (nSPS) is 34.3. The summed E-state index contributed by atoms with van der Waals surface area (Å²) in [5.41, 5.74) is 0. The topological polar surface area (TPSA) is 38.3 Å². The fraction of sp³-hybridized carbons (Fsp3) is 0.875. The molecule has 0 aromatic rings. The third-order valence-electron chi connectivity index (χ3n) is 1.64. The molecule has 3 nitrogen and oxygen atoms in total. The maximum Gasteiger partial charge on any atom is 0.305 e. The predicted octanol–water partition coefficient (Wildman–Crippen LogP) is 0.549. The zero-order valence-corrected chi connectivity index (χ0v) is 6.52. The number of hydrogen-bond donors (Lipinski definition) is 1. The van der Waals surface area contributed by atoms with Gasteiger partial charge in [-0.05, 0) is 31.8 Å². The Balaban J connectivity index is 2.63. The van der Waals surface area contributed by atoms with Crippen LogP contribution in [0.2, 0.25) is 0 Å². The van der Waals surface area contributed by atoms with Crippen LogP contribution in [-0.4, -0.2) is 26.1 Å². The predicted molar refractivity (Wildman–Crippen MR) is 42.2 cm³/mol. The lowest BCUT2D eigenvalue weighted by Gasteiger charge is -2.20. The van der Waals surface area contributed by atoms with Gasteiger partial charge in [-0.3, -0.25) is 4.79 Å². The van der Waals surface area contributed by atoms with Gasteiger partial charge in [-0.2, -0.15) is 0 Å². The summed E-state index contributed by atoms with van der Waals surface area (Å²) in [7, 11) is 1.27. The van der Waals surface area contributed by atoms with Gasteiger partial charge in [-0.15, -0.1) is 0 Å². The molecule has 0 spiro atoms. The first-order valence-electron chi connectivity index (χ1n) is 5.60. The van der Waals surface area contributed by atoms with Gasteiger partial charge >= 0.3 is 5.97 Å². The van der Waals surface area contributed by atoms with Crippen molar-refractivity contribution < 1.29 is 15.0 Å². The number of carbonyl (C=O) groups is 1. The molecule has 0 unspecified atom stereocenters. The molecule has 1 heterocycles. The molecule has 0 amide bonds. The molecule has 64 valence electrons. The highest BCUT2D eigenvalue weighted by atomic mass is 16.5. The zero-order valence-electron chi connectivity index (χ0n) is 10.5. The van der Waals surface area contributed by atoms with E-state index in [1.165, 1.54) is 7.11 Å². The minimum Gasteiger partial charge on any atom is -0.469 e. The zero-order chi connectivity index (χ0) is 11.7. The molecule has 11 heavy (non-hydrogen) atoms. The summed E-state index contributed by atoms with van der Waals surface area (Å²) in [6, 6.07) is 0. The molecule has 3 heteroatoms. The Labute approximate surface area is 72.7 Å². The first kappa shape index (κ1) is 4.45. The number of esters is 1. The van der Waals surface area contributed by atoms with E-state index in [9.17, 15) is 4.79 Å². The van der Waals surface area contributed by atoms with Crippen LogP contribution >= 0.6 is 0 Å². The molecular formula is C8H15NO2. The first-order valence-corrected chi connectivity index (χ1v) is 3.60. The van der Waals surface area contributed by atoms with Crippen molar-refractivity contribution in [1.29, 1.82) is 0 Å². The monoisotopic (exact) mass is 161 g/mol. The highest BCUT2D eigenvalue weighted by Crippen LogP contribution is 2.15. The van der Waals surface area contributed by atoms with Gasteiger partial charge < -0.3 is 10.1 Å². The minimum absolute atomic E-state index is 0.0667. The Hall–Kier alpha value is -0.570. The first-order chi connectivity index (χ1) is 6.74. The minimum atomic E-state index is -1.76. The second-order valence-electron chi connectivity index (χ2n) is 2.53. The van der Waals surface area contributed by atoms with E-state index in [4.69, 9.17) is 5.48 Å². The van der Waals surface area contributed by atoms with Crippen molar-refractivity contribution in [3.8, 4) is 0 Å². The van der Waals surface area contributed by atoms with E-state index in [1.807, 2.05) is 0 Å². The third-order valence-corrected chi connectivity index (χ3v) is 1.64. The Bertz CT molecular complexity index is 241. The Morgan fingerprint density at radius 3 is 2.91 bits per heavy atom. The maximum atomic E-state index is 11.0. The van der Waals surface area contributed by atoms with Crippen molar-refractivity contribution in [2.45, 2.75) is 19.3 Å². The molecule has 0 radical (unpaired) electrons. The lowest BCUT2D eigenvalue weighted by Crippen LogP contribution is -2.29. The number of carbonyl (C=O) groups excluding carboxylic acids is 1. The number of methoxy groups -OCH3 is 1. The van der Waals surface area contributed by atoms with Gasteiger partial charge in [0.25, 0.3) is 0 Å². The fourth-order valence-electron chi connectivity index (χ4n) is 0.989. The summed E-state index contributed by atoms with van der Waals surface area (Å²) >= 11 is 0. The van der Waals surface area contributed by atoms with Gasteiger partial charge in [0, 0.05) is 11.9 Å². The van der Waals surface area contributed by atoms with Crippen LogP contribution in [0.25, 0.3) is 0 Å². The average molecular weight is 161 g/mol. The van der Waals surface area contributed by atoms with E-state index >= 15 is 0 Å². The fourth-order valence-corrected chi connectivity index (χ4v) is 0.989. The van der Waals surface area contributed by atoms with Crippen LogP contribution in [-0.2, 0) is 9.53 Å². The molecule has 0 bridgehead atoms. The van der Waals surface area contributed by atoms with E-state index in [0.717, 1.165) is 0 Å². The molecule has 1 rings (SSSR count). The quantitative estimate of drug-likeness (QED) is 0.601. The highest BCUT2D eigenvalue weighted by molar-refractivity contribution is 5.69. The number of piperidine rings is 1. The van der Waals surface area contributed by atoms with Crippen molar-refractivity contribution in [2.24, 2.45) is 5.92 Å². The third kappa shape index (κ3) is 2.89. The standard InChI is InChI=1S/C8H15NO2/c1-11-8(10)6-7-2-4-9-5-3-7/h7,9H,2-6H2,1H3/i4D2,5D2. The van der Waals surface area contributed by atoms with E-state index in [1.54, 1.807) is 0 Å². The summed E-state index contributed by atoms with van der Waals surface area (Å²) in [6.07, 6.45) is 0.320. The summed E-state index contributed by atoms with van der Waals surface area (Å²) in [5, 5.41) is 2.27. The maximum absolute atomic E-state index is 11.0. The molecule has 1 saturated heterocycles. The number of nitrogens with one attached hydrogen (secondary N) is 1. The van der Waals surface area contributed by atoms with Crippen LogP contribution in [0.15, 0.2) is 0 Å². The Kier molecular flexibility index (Phi) is 1.76. The molecule has 1 aliphatic heterocycles. The number of rotatable bonds is 2. The van der Waals surface area contributed by atoms with E-state index in [-0.39, 0.29) is 25.2 Å². The lowest BCUT2D eigenvalue weighted by molar-refractivity contribution is -0.141. The van der Waals surface area contributed by atoms with Gasteiger partial charge in [-0.1, -0.05) is 0 Å². The van der Waals surface area contributed by atoms with Crippen LogP contribution in [0.5, 0.6) is 0 Å². The van der Waals surface area contributed by atoms with Gasteiger partial charge in [0.1, 0.15) is 0 Å². The molecule has 0 aliphatic carbocycles. The molecule has 0 saturated carbocycles. The SMILES string of the molecule is [2H]C1([2H])CC(CC(=O)OC)CC([2H])([2H])N1. The van der Waals surface area contributed by atoms with Crippen LogP contribution in [0, 0.1) is 5.92 Å². The summed E-state index contributed by atoms with van der Waals surface area (Å²) < 4.78 is 34.4. The summed E-state index contributed by atoms with van der Waals surface area (Å²) in [4.78, 5) is 11.0. The van der Waals surface area contributed by atoms with Crippen LogP contribution < -0.4 is 5.32 Å². The van der Waals surface area contributed by atoms with Gasteiger partial charge in [-0.25, -0.2) is 0 Å². The largest absolute Gasteiger partial charge is 0.469 e. The van der Waals surface area contributed by atoms with Crippen molar-refractivity contribution >= 4 is 5.97 Å². The smallest absolute Gasteiger partial charge is 0.305 e. The second kappa shape index (κ2) is 4.34. The number of ether oxygens (including phenoxy) is 1. The van der Waals surface area contributed by atoms with Crippen molar-refractivity contribution in [3.05, 3.63) is 0 Å². The van der Waals surface area contributed by atoms with E-state index < -0.39 is 19.0 Å². The van der Waals surface area contributed by atoms with Crippen LogP contribution in [0.4, 0.5) is 0 Å². The molecular weight excluding hydrogens is 142 g/mol. The van der Waals surface area contributed by atoms with Gasteiger partial charge in [0.2, 0.25) is 0 Å². The summed E-state index contributed by atoms with van der Waals surface area (Å²) in [6.45, 7) is -3.53. The molecule has 1 aliphatic rings. The van der Waals surface area contributed by atoms with Crippen molar-refractivity contribution in [3.63, 3.8) is 0 Å². The summed E-state index contributed by atoms with van der Waals surface area (Å²) in [5.74, 6) is -0.739. The molecule has 0 aromatic carbocycles. The number of hydrogen-bond acceptors (Lipinski definition) is 3. The van der Waals surface area contributed by atoms with Crippen LogP contribution in [0.1, 0.15) is 24.7 Å². The Morgan fingerprint density at radius 2 is 2.36 bits per heavy atom. The Morgan fingerprint density at radius 1 is 1.73 bits per heavy atom. The second-order valence-corrected chi connectivity index (χ2v) is 2.53. The van der Waals surface area contributed by atoms with Gasteiger partial charge in [0.15, 0.2) is 0 Å².